The van der Waals surface area contributed by atoms with Gasteiger partial charge in [-0.1, -0.05) is 5.21 Å². The molecular formula is C7H11IN4. The Morgan fingerprint density at radius 3 is 3.17 bits per heavy atom. The standard InChI is InChI=1S/C7H11IN4/c8-7-5-10-11-12(7)6-2-1-3-9-4-6/h5-6,9H,1-4H2/t6-/m0/s1. The molecular weight excluding hydrogens is 267 g/mol. The van der Waals surface area contributed by atoms with E-state index in [1.807, 2.05) is 4.68 Å². The summed E-state index contributed by atoms with van der Waals surface area (Å²) in [5.41, 5.74) is 0. The quantitative estimate of drug-likeness (QED) is 0.773. The van der Waals surface area contributed by atoms with Crippen LogP contribution in [0.4, 0.5) is 0 Å². The highest BCUT2D eigenvalue weighted by Crippen LogP contribution is 2.17. The van der Waals surface area contributed by atoms with Gasteiger partial charge in [-0.15, -0.1) is 5.10 Å². The highest BCUT2D eigenvalue weighted by molar-refractivity contribution is 14.1. The van der Waals surface area contributed by atoms with Crippen molar-refractivity contribution in [1.82, 2.24) is 20.3 Å². The largest absolute Gasteiger partial charge is 0.315 e. The van der Waals surface area contributed by atoms with Gasteiger partial charge in [0.25, 0.3) is 0 Å². The number of aromatic nitrogens is 3. The van der Waals surface area contributed by atoms with Gasteiger partial charge in [-0.2, -0.15) is 0 Å². The fourth-order valence-electron chi connectivity index (χ4n) is 1.52. The molecule has 0 bridgehead atoms. The summed E-state index contributed by atoms with van der Waals surface area (Å²) in [6.07, 6.45) is 4.25. The summed E-state index contributed by atoms with van der Waals surface area (Å²) in [6, 6.07) is 0.508. The fraction of sp³-hybridized carbons (Fsp3) is 0.714. The molecule has 0 aromatic carbocycles. The Kier molecular flexibility index (Phi) is 2.60. The van der Waals surface area contributed by atoms with Gasteiger partial charge in [-0.3, -0.25) is 0 Å². The summed E-state index contributed by atoms with van der Waals surface area (Å²) in [4.78, 5) is 0. The third-order valence-electron chi connectivity index (χ3n) is 2.15. The van der Waals surface area contributed by atoms with Gasteiger partial charge in [-0.25, -0.2) is 4.68 Å². The van der Waals surface area contributed by atoms with Crippen LogP contribution in [-0.2, 0) is 0 Å². The predicted molar refractivity (Wildman–Crippen MR) is 53.9 cm³/mol. The highest BCUT2D eigenvalue weighted by atomic mass is 127. The van der Waals surface area contributed by atoms with E-state index in [0.29, 0.717) is 6.04 Å². The second-order valence-electron chi connectivity index (χ2n) is 3.00. The smallest absolute Gasteiger partial charge is 0.119 e. The summed E-state index contributed by atoms with van der Waals surface area (Å²) in [6.45, 7) is 2.17. The summed E-state index contributed by atoms with van der Waals surface area (Å²) < 4.78 is 3.13. The van der Waals surface area contributed by atoms with Crippen molar-refractivity contribution in [2.75, 3.05) is 13.1 Å². The van der Waals surface area contributed by atoms with Gasteiger partial charge in [0.1, 0.15) is 3.70 Å². The Morgan fingerprint density at radius 1 is 1.67 bits per heavy atom. The molecule has 1 aliphatic rings. The van der Waals surface area contributed by atoms with E-state index >= 15 is 0 Å². The second kappa shape index (κ2) is 3.69. The summed E-state index contributed by atoms with van der Waals surface area (Å²) in [5.74, 6) is 0. The van der Waals surface area contributed by atoms with Crippen molar-refractivity contribution < 1.29 is 0 Å². The van der Waals surface area contributed by atoms with Crippen LogP contribution in [-0.4, -0.2) is 28.1 Å². The van der Waals surface area contributed by atoms with E-state index in [1.54, 1.807) is 6.20 Å². The number of nitrogens with one attached hydrogen (secondary N) is 1. The van der Waals surface area contributed by atoms with Crippen LogP contribution in [0.5, 0.6) is 0 Å². The van der Waals surface area contributed by atoms with E-state index in [9.17, 15) is 0 Å². The minimum Gasteiger partial charge on any atom is -0.315 e. The fourth-order valence-corrected chi connectivity index (χ4v) is 2.14. The molecule has 0 spiro atoms. The van der Waals surface area contributed by atoms with Crippen molar-refractivity contribution in [3.05, 3.63) is 9.90 Å². The zero-order valence-electron chi connectivity index (χ0n) is 6.70. The minimum atomic E-state index is 0.508. The Balaban J connectivity index is 2.13. The van der Waals surface area contributed by atoms with Crippen molar-refractivity contribution in [1.29, 1.82) is 0 Å². The van der Waals surface area contributed by atoms with Crippen LogP contribution >= 0.6 is 22.6 Å². The van der Waals surface area contributed by atoms with Crippen LogP contribution in [0.15, 0.2) is 6.20 Å². The molecule has 12 heavy (non-hydrogen) atoms. The molecule has 0 radical (unpaired) electrons. The Hall–Kier alpha value is -0.170. The van der Waals surface area contributed by atoms with Crippen LogP contribution in [0.1, 0.15) is 18.9 Å². The van der Waals surface area contributed by atoms with Crippen LogP contribution < -0.4 is 5.32 Å². The summed E-state index contributed by atoms with van der Waals surface area (Å²) in [7, 11) is 0. The molecule has 1 atom stereocenters. The zero-order chi connectivity index (χ0) is 8.39. The topological polar surface area (TPSA) is 42.7 Å². The molecule has 0 aliphatic carbocycles. The van der Waals surface area contributed by atoms with Gasteiger partial charge >= 0.3 is 0 Å². The third kappa shape index (κ3) is 1.61. The predicted octanol–water partition coefficient (Wildman–Crippen LogP) is 0.807. The molecule has 1 saturated heterocycles. The van der Waals surface area contributed by atoms with Gasteiger partial charge in [-0.05, 0) is 42.0 Å². The number of hydrogen-bond acceptors (Lipinski definition) is 3. The lowest BCUT2D eigenvalue weighted by atomic mass is 10.1. The van der Waals surface area contributed by atoms with Gasteiger partial charge in [0.05, 0.1) is 12.2 Å². The van der Waals surface area contributed by atoms with E-state index in [0.717, 1.165) is 16.8 Å². The first kappa shape index (κ1) is 8.43. The van der Waals surface area contributed by atoms with Gasteiger partial charge < -0.3 is 5.32 Å². The van der Waals surface area contributed by atoms with Gasteiger partial charge in [0.2, 0.25) is 0 Å². The maximum atomic E-state index is 4.06. The molecule has 66 valence electrons. The van der Waals surface area contributed by atoms with Crippen LogP contribution in [0.2, 0.25) is 0 Å². The lowest BCUT2D eigenvalue weighted by Gasteiger charge is -2.22. The SMILES string of the molecule is Ic1cnnn1[C@H]1CCCNC1. The molecule has 0 unspecified atom stereocenters. The average Bonchev–Trinajstić information content (AvgIpc) is 2.53. The maximum absolute atomic E-state index is 4.06. The van der Waals surface area contributed by atoms with E-state index in [-0.39, 0.29) is 0 Å². The number of hydrogen-bond donors (Lipinski definition) is 1. The Labute approximate surface area is 84.9 Å². The van der Waals surface area contributed by atoms with E-state index in [4.69, 9.17) is 0 Å². The van der Waals surface area contributed by atoms with Crippen LogP contribution in [0.25, 0.3) is 0 Å². The molecule has 0 saturated carbocycles. The molecule has 1 aliphatic heterocycles. The van der Waals surface area contributed by atoms with Crippen LogP contribution in [0, 0.1) is 3.70 Å². The number of rotatable bonds is 1. The lowest BCUT2D eigenvalue weighted by molar-refractivity contribution is 0.336. The van der Waals surface area contributed by atoms with Crippen molar-refractivity contribution in [3.8, 4) is 0 Å². The van der Waals surface area contributed by atoms with Crippen molar-refractivity contribution in [2.24, 2.45) is 0 Å². The number of halogens is 1. The van der Waals surface area contributed by atoms with E-state index in [1.165, 1.54) is 12.8 Å². The molecule has 0 amide bonds. The molecule has 4 nitrogen and oxygen atoms in total. The van der Waals surface area contributed by atoms with Crippen molar-refractivity contribution in [3.63, 3.8) is 0 Å². The first-order valence-corrected chi connectivity index (χ1v) is 5.22. The Morgan fingerprint density at radius 2 is 2.58 bits per heavy atom. The lowest BCUT2D eigenvalue weighted by Crippen LogP contribution is -2.32. The molecule has 1 aromatic rings. The zero-order valence-corrected chi connectivity index (χ0v) is 8.86. The normalized spacial score (nSPS) is 24.2. The summed E-state index contributed by atoms with van der Waals surface area (Å²) in [5, 5.41) is 11.3. The minimum absolute atomic E-state index is 0.508. The molecule has 2 heterocycles. The molecule has 5 heteroatoms. The number of nitrogens with zero attached hydrogens (tertiary/aromatic N) is 3. The molecule has 1 aromatic heterocycles. The molecule has 1 fully saturated rings. The molecule has 2 rings (SSSR count). The second-order valence-corrected chi connectivity index (χ2v) is 4.11. The molecule has 1 N–H and O–H groups in total. The monoisotopic (exact) mass is 278 g/mol. The summed E-state index contributed by atoms with van der Waals surface area (Å²) >= 11 is 2.27. The Bertz CT molecular complexity index is 254. The number of piperidine rings is 1. The first-order valence-electron chi connectivity index (χ1n) is 4.14. The van der Waals surface area contributed by atoms with Gasteiger partial charge in [0.15, 0.2) is 0 Å². The maximum Gasteiger partial charge on any atom is 0.119 e. The highest BCUT2D eigenvalue weighted by Gasteiger charge is 2.17. The van der Waals surface area contributed by atoms with Crippen molar-refractivity contribution in [2.45, 2.75) is 18.9 Å². The van der Waals surface area contributed by atoms with Gasteiger partial charge in [0, 0.05) is 6.54 Å². The first-order chi connectivity index (χ1) is 5.88. The van der Waals surface area contributed by atoms with E-state index < -0.39 is 0 Å². The van der Waals surface area contributed by atoms with Crippen molar-refractivity contribution >= 4 is 22.6 Å². The van der Waals surface area contributed by atoms with Crippen LogP contribution in [0.3, 0.4) is 0 Å². The average molecular weight is 278 g/mol. The third-order valence-corrected chi connectivity index (χ3v) is 2.92. The van der Waals surface area contributed by atoms with E-state index in [2.05, 4.69) is 38.2 Å².